The van der Waals surface area contributed by atoms with Crippen molar-refractivity contribution in [3.05, 3.63) is 88.7 Å². The van der Waals surface area contributed by atoms with Gasteiger partial charge in [0.1, 0.15) is 24.2 Å². The van der Waals surface area contributed by atoms with Gasteiger partial charge in [-0.1, -0.05) is 61.2 Å². The van der Waals surface area contributed by atoms with Crippen LogP contribution in [0.25, 0.3) is 0 Å². The Morgan fingerprint density at radius 2 is 1.70 bits per heavy atom. The molecule has 8 nitrogen and oxygen atoms in total. The van der Waals surface area contributed by atoms with Crippen molar-refractivity contribution in [3.8, 4) is 5.75 Å². The highest BCUT2D eigenvalue weighted by atomic mass is 35.5. The van der Waals surface area contributed by atoms with Gasteiger partial charge in [0.05, 0.1) is 22.7 Å². The van der Waals surface area contributed by atoms with Crippen molar-refractivity contribution in [2.45, 2.75) is 69.5 Å². The van der Waals surface area contributed by atoms with Crippen LogP contribution in [-0.2, 0) is 26.2 Å². The molecule has 3 aromatic rings. The average molecular weight is 630 g/mol. The Balaban J connectivity index is 1.73. The number of sulfonamides is 1. The highest BCUT2D eigenvalue weighted by Crippen LogP contribution is 2.32. The van der Waals surface area contributed by atoms with E-state index in [0.717, 1.165) is 35.6 Å². The Morgan fingerprint density at radius 1 is 1.05 bits per heavy atom. The molecule has 1 aliphatic rings. The summed E-state index contributed by atoms with van der Waals surface area (Å²) >= 11 is 6.38. The molecule has 0 aliphatic heterocycles. The van der Waals surface area contributed by atoms with Gasteiger partial charge in [-0.05, 0) is 74.2 Å². The smallest absolute Gasteiger partial charge is 0.264 e. The first-order valence-electron chi connectivity index (χ1n) is 14.3. The molecule has 1 fully saturated rings. The van der Waals surface area contributed by atoms with E-state index in [4.69, 9.17) is 16.3 Å². The van der Waals surface area contributed by atoms with Crippen LogP contribution in [0.2, 0.25) is 5.02 Å². The zero-order valence-electron chi connectivity index (χ0n) is 24.6. The van der Waals surface area contributed by atoms with Crippen molar-refractivity contribution in [2.75, 3.05) is 18.0 Å². The second-order valence-corrected chi connectivity index (χ2v) is 13.0. The summed E-state index contributed by atoms with van der Waals surface area (Å²) in [6, 6.07) is 15.6. The van der Waals surface area contributed by atoms with Crippen molar-refractivity contribution in [1.82, 2.24) is 10.2 Å². The summed E-state index contributed by atoms with van der Waals surface area (Å²) in [4.78, 5) is 29.1. The van der Waals surface area contributed by atoms with Crippen LogP contribution >= 0.6 is 11.6 Å². The van der Waals surface area contributed by atoms with E-state index < -0.39 is 34.3 Å². The van der Waals surface area contributed by atoms with Crippen LogP contribution in [0.15, 0.2) is 71.6 Å². The lowest BCUT2D eigenvalue weighted by atomic mass is 10.1. The number of ether oxygens (including phenoxy) is 1. The number of amides is 2. The molecule has 0 heterocycles. The van der Waals surface area contributed by atoms with Gasteiger partial charge in [0.2, 0.25) is 11.8 Å². The summed E-state index contributed by atoms with van der Waals surface area (Å²) in [5, 5.41) is 3.24. The number of carbonyl (C=O) groups excluding carboxylic acids is 2. The number of methoxy groups -OCH3 is 1. The van der Waals surface area contributed by atoms with E-state index in [9.17, 15) is 22.4 Å². The normalized spacial score (nSPS) is 14.3. The highest BCUT2D eigenvalue weighted by molar-refractivity contribution is 7.92. The zero-order valence-corrected chi connectivity index (χ0v) is 26.1. The van der Waals surface area contributed by atoms with Crippen LogP contribution in [-0.4, -0.2) is 50.9 Å². The zero-order chi connectivity index (χ0) is 31.1. The standard InChI is InChI=1S/C32H37ClFN3O5S/c1-4-29(32(39)35-25-7-5-6-8-25)36(20-23-11-13-24(34)14-12-23)31(38)21-37(26-15-18-30(42-3)28(33)19-26)43(40,41)27-16-9-22(2)10-17-27/h9-19,25,29H,4-8,20-21H2,1-3H3,(H,35,39)/t29-/m0/s1. The van der Waals surface area contributed by atoms with Gasteiger partial charge < -0.3 is 15.0 Å². The van der Waals surface area contributed by atoms with E-state index >= 15 is 0 Å². The number of hydrogen-bond donors (Lipinski definition) is 1. The Kier molecular flexibility index (Phi) is 10.7. The maximum Gasteiger partial charge on any atom is 0.264 e. The molecule has 3 aromatic carbocycles. The van der Waals surface area contributed by atoms with E-state index in [1.165, 1.54) is 54.5 Å². The Morgan fingerprint density at radius 3 is 2.28 bits per heavy atom. The Bertz CT molecular complexity index is 1530. The van der Waals surface area contributed by atoms with Crippen LogP contribution in [0.4, 0.5) is 10.1 Å². The summed E-state index contributed by atoms with van der Waals surface area (Å²) in [6.07, 6.45) is 4.08. The SMILES string of the molecule is CC[C@@H](C(=O)NC1CCCC1)N(Cc1ccc(F)cc1)C(=O)CN(c1ccc(OC)c(Cl)c1)S(=O)(=O)c1ccc(C)cc1. The number of anilines is 1. The first-order valence-corrected chi connectivity index (χ1v) is 16.1. The Labute approximate surface area is 257 Å². The lowest BCUT2D eigenvalue weighted by molar-refractivity contribution is -0.140. The monoisotopic (exact) mass is 629 g/mol. The molecule has 43 heavy (non-hydrogen) atoms. The van der Waals surface area contributed by atoms with Gasteiger partial charge in [-0.15, -0.1) is 0 Å². The molecule has 0 unspecified atom stereocenters. The summed E-state index contributed by atoms with van der Waals surface area (Å²) in [5.74, 6) is -0.984. The quantitative estimate of drug-likeness (QED) is 0.271. The van der Waals surface area contributed by atoms with Gasteiger partial charge in [-0.25, -0.2) is 12.8 Å². The molecule has 1 saturated carbocycles. The maximum atomic E-state index is 14.2. The van der Waals surface area contributed by atoms with Crippen molar-refractivity contribution < 1.29 is 27.1 Å². The molecule has 0 bridgehead atoms. The highest BCUT2D eigenvalue weighted by Gasteiger charge is 2.34. The van der Waals surface area contributed by atoms with E-state index in [1.54, 1.807) is 31.2 Å². The summed E-state index contributed by atoms with van der Waals surface area (Å²) < 4.78 is 48.0. The molecule has 0 radical (unpaired) electrons. The van der Waals surface area contributed by atoms with Gasteiger partial charge >= 0.3 is 0 Å². The van der Waals surface area contributed by atoms with E-state index in [1.807, 2.05) is 6.92 Å². The predicted molar refractivity (Wildman–Crippen MR) is 165 cm³/mol. The van der Waals surface area contributed by atoms with Crippen LogP contribution < -0.4 is 14.4 Å². The molecule has 1 aliphatic carbocycles. The molecule has 11 heteroatoms. The number of benzene rings is 3. The minimum Gasteiger partial charge on any atom is -0.495 e. The molecule has 0 aromatic heterocycles. The second-order valence-electron chi connectivity index (χ2n) is 10.7. The number of hydrogen-bond acceptors (Lipinski definition) is 5. The number of nitrogens with one attached hydrogen (secondary N) is 1. The summed E-state index contributed by atoms with van der Waals surface area (Å²) in [6.45, 7) is 3.02. The summed E-state index contributed by atoms with van der Waals surface area (Å²) in [5.41, 5.74) is 1.63. The fourth-order valence-corrected chi connectivity index (χ4v) is 6.91. The number of carbonyl (C=O) groups is 2. The fraction of sp³-hybridized carbons (Fsp3) is 0.375. The van der Waals surface area contributed by atoms with Crippen molar-refractivity contribution in [2.24, 2.45) is 0 Å². The number of rotatable bonds is 12. The average Bonchev–Trinajstić information content (AvgIpc) is 3.50. The molecule has 230 valence electrons. The van der Waals surface area contributed by atoms with Crippen molar-refractivity contribution in [3.63, 3.8) is 0 Å². The van der Waals surface area contributed by atoms with Crippen molar-refractivity contribution in [1.29, 1.82) is 0 Å². The molecular weight excluding hydrogens is 593 g/mol. The van der Waals surface area contributed by atoms with Crippen LogP contribution in [0.1, 0.15) is 50.2 Å². The molecule has 0 spiro atoms. The molecular formula is C32H37ClFN3O5S. The largest absolute Gasteiger partial charge is 0.495 e. The number of nitrogens with zero attached hydrogens (tertiary/aromatic N) is 2. The summed E-state index contributed by atoms with van der Waals surface area (Å²) in [7, 11) is -2.80. The van der Waals surface area contributed by atoms with Gasteiger partial charge in [0.15, 0.2) is 0 Å². The van der Waals surface area contributed by atoms with Gasteiger partial charge in [0.25, 0.3) is 10.0 Å². The van der Waals surface area contributed by atoms with Crippen LogP contribution in [0, 0.1) is 12.7 Å². The molecule has 0 saturated heterocycles. The molecule has 4 rings (SSSR count). The first-order chi connectivity index (χ1) is 20.5. The Hall–Kier alpha value is -3.63. The van der Waals surface area contributed by atoms with Gasteiger partial charge in [-0.2, -0.15) is 0 Å². The van der Waals surface area contributed by atoms with Gasteiger partial charge in [-0.3, -0.25) is 13.9 Å². The maximum absolute atomic E-state index is 14.2. The fourth-order valence-electron chi connectivity index (χ4n) is 5.25. The molecule has 2 amide bonds. The minimum absolute atomic E-state index is 0.00561. The van der Waals surface area contributed by atoms with Gasteiger partial charge in [0, 0.05) is 12.6 Å². The second kappa shape index (κ2) is 14.2. The third-order valence-electron chi connectivity index (χ3n) is 7.66. The minimum atomic E-state index is -4.25. The third-order valence-corrected chi connectivity index (χ3v) is 9.75. The number of halogens is 2. The lowest BCUT2D eigenvalue weighted by Crippen LogP contribution is -2.53. The first kappa shape index (κ1) is 32.3. The van der Waals surface area contributed by atoms with Crippen LogP contribution in [0.5, 0.6) is 5.75 Å². The topological polar surface area (TPSA) is 96.0 Å². The van der Waals surface area contributed by atoms with E-state index in [-0.39, 0.29) is 34.1 Å². The predicted octanol–water partition coefficient (Wildman–Crippen LogP) is 5.86. The van der Waals surface area contributed by atoms with Crippen LogP contribution in [0.3, 0.4) is 0 Å². The van der Waals surface area contributed by atoms with E-state index in [2.05, 4.69) is 5.32 Å². The van der Waals surface area contributed by atoms with Crippen molar-refractivity contribution >= 4 is 39.1 Å². The number of aryl methyl sites for hydroxylation is 1. The molecule has 1 atom stereocenters. The van der Waals surface area contributed by atoms with E-state index in [0.29, 0.717) is 17.7 Å². The third kappa shape index (κ3) is 7.86. The molecule has 1 N–H and O–H groups in total. The lowest BCUT2D eigenvalue weighted by Gasteiger charge is -2.34.